The summed E-state index contributed by atoms with van der Waals surface area (Å²) < 4.78 is -0.404. The van der Waals surface area contributed by atoms with Crippen LogP contribution in [0.2, 0.25) is 0 Å². The SMILES string of the molecule is NC1=C2CCC[C@@H](N=O)[C@]2(I)CC1=O. The monoisotopic (exact) mass is 306 g/mol. The quantitative estimate of drug-likeness (QED) is 0.455. The van der Waals surface area contributed by atoms with Crippen molar-refractivity contribution in [3.8, 4) is 0 Å². The summed E-state index contributed by atoms with van der Waals surface area (Å²) >= 11 is 2.18. The first-order chi connectivity index (χ1) is 6.59. The molecule has 0 aromatic carbocycles. The molecule has 76 valence electrons. The van der Waals surface area contributed by atoms with Crippen molar-refractivity contribution in [3.63, 3.8) is 0 Å². The van der Waals surface area contributed by atoms with Crippen molar-refractivity contribution in [2.24, 2.45) is 10.9 Å². The third-order valence-corrected chi connectivity index (χ3v) is 4.86. The highest BCUT2D eigenvalue weighted by molar-refractivity contribution is 14.1. The number of carbonyl (C=O) groups excluding carboxylic acids is 1. The van der Waals surface area contributed by atoms with Crippen LogP contribution >= 0.6 is 22.6 Å². The van der Waals surface area contributed by atoms with Crippen molar-refractivity contribution in [2.75, 3.05) is 0 Å². The number of halogens is 1. The number of hydrogen-bond acceptors (Lipinski definition) is 4. The van der Waals surface area contributed by atoms with Crippen LogP contribution < -0.4 is 5.73 Å². The van der Waals surface area contributed by atoms with Gasteiger partial charge in [0.15, 0.2) is 5.78 Å². The Bertz CT molecular complexity index is 340. The fraction of sp³-hybridized carbons (Fsp3) is 0.667. The number of rotatable bonds is 1. The highest BCUT2D eigenvalue weighted by Crippen LogP contribution is 2.49. The summed E-state index contributed by atoms with van der Waals surface area (Å²) in [5.41, 5.74) is 7.06. The van der Waals surface area contributed by atoms with E-state index in [1.54, 1.807) is 0 Å². The molecule has 2 N–H and O–H groups in total. The molecule has 2 aliphatic rings. The van der Waals surface area contributed by atoms with Gasteiger partial charge in [0.05, 0.1) is 9.12 Å². The summed E-state index contributed by atoms with van der Waals surface area (Å²) in [6.45, 7) is 0. The number of alkyl halides is 1. The van der Waals surface area contributed by atoms with Crippen LogP contribution in [-0.4, -0.2) is 15.2 Å². The van der Waals surface area contributed by atoms with E-state index in [4.69, 9.17) is 5.73 Å². The van der Waals surface area contributed by atoms with Gasteiger partial charge in [0.25, 0.3) is 0 Å². The van der Waals surface area contributed by atoms with Crippen LogP contribution in [0.3, 0.4) is 0 Å². The number of ketones is 1. The van der Waals surface area contributed by atoms with Gasteiger partial charge in [-0.1, -0.05) is 27.8 Å². The molecule has 14 heavy (non-hydrogen) atoms. The maximum atomic E-state index is 11.5. The van der Waals surface area contributed by atoms with Crippen LogP contribution in [0.5, 0.6) is 0 Å². The number of fused-ring (bicyclic) bond motifs is 1. The standard InChI is InChI=1S/C9H11IN2O2/c10-9-4-6(13)8(11)5(9)2-1-3-7(9)12-14/h7H,1-4,11H2/t7-,9+/m1/s1. The number of nitrogens with zero attached hydrogens (tertiary/aromatic N) is 1. The lowest BCUT2D eigenvalue weighted by Gasteiger charge is -2.33. The number of carbonyl (C=O) groups is 1. The molecule has 4 nitrogen and oxygen atoms in total. The van der Waals surface area contributed by atoms with Gasteiger partial charge in [-0.3, -0.25) is 4.79 Å². The molecule has 1 fully saturated rings. The minimum Gasteiger partial charge on any atom is -0.396 e. The van der Waals surface area contributed by atoms with Crippen molar-refractivity contribution in [3.05, 3.63) is 16.2 Å². The first kappa shape index (κ1) is 10.1. The fourth-order valence-electron chi connectivity index (χ4n) is 2.33. The summed E-state index contributed by atoms with van der Waals surface area (Å²) in [4.78, 5) is 22.2. The molecule has 5 heteroatoms. The Morgan fingerprint density at radius 3 is 2.93 bits per heavy atom. The predicted molar refractivity (Wildman–Crippen MR) is 61.0 cm³/mol. The summed E-state index contributed by atoms with van der Waals surface area (Å²) in [5.74, 6) is -0.0232. The zero-order chi connectivity index (χ0) is 10.3. The third kappa shape index (κ3) is 1.21. The van der Waals surface area contributed by atoms with E-state index in [-0.39, 0.29) is 11.8 Å². The van der Waals surface area contributed by atoms with E-state index >= 15 is 0 Å². The Labute approximate surface area is 95.4 Å². The summed E-state index contributed by atoms with van der Waals surface area (Å²) in [6, 6.07) is -0.281. The van der Waals surface area contributed by atoms with Crippen molar-refractivity contribution in [1.82, 2.24) is 0 Å². The molecule has 0 aromatic rings. The van der Waals surface area contributed by atoms with Gasteiger partial charge in [-0.05, 0) is 24.8 Å². The molecule has 0 radical (unpaired) electrons. The van der Waals surface area contributed by atoms with E-state index in [1.807, 2.05) is 0 Å². The van der Waals surface area contributed by atoms with Crippen LogP contribution in [0.15, 0.2) is 16.4 Å². The molecule has 2 rings (SSSR count). The molecule has 2 aliphatic carbocycles. The van der Waals surface area contributed by atoms with Gasteiger partial charge in [-0.2, -0.15) is 4.91 Å². The summed E-state index contributed by atoms with van der Waals surface area (Å²) in [7, 11) is 0. The minimum absolute atomic E-state index is 0.0232. The Morgan fingerprint density at radius 2 is 2.29 bits per heavy atom. The molecule has 0 saturated heterocycles. The Hall–Kier alpha value is -0.460. The molecular weight excluding hydrogens is 295 g/mol. The van der Waals surface area contributed by atoms with Gasteiger partial charge in [-0.25, -0.2) is 0 Å². The third-order valence-electron chi connectivity index (χ3n) is 3.10. The van der Waals surface area contributed by atoms with Crippen LogP contribution in [0.25, 0.3) is 0 Å². The molecule has 2 atom stereocenters. The topological polar surface area (TPSA) is 72.5 Å². The molecule has 0 aromatic heterocycles. The minimum atomic E-state index is -0.404. The van der Waals surface area contributed by atoms with E-state index in [1.165, 1.54) is 0 Å². The van der Waals surface area contributed by atoms with Crippen LogP contribution in [0.4, 0.5) is 0 Å². The molecule has 1 saturated carbocycles. The van der Waals surface area contributed by atoms with E-state index in [9.17, 15) is 9.70 Å². The Morgan fingerprint density at radius 1 is 1.57 bits per heavy atom. The highest BCUT2D eigenvalue weighted by Gasteiger charge is 2.50. The first-order valence-electron chi connectivity index (χ1n) is 4.63. The summed E-state index contributed by atoms with van der Waals surface area (Å²) in [5, 5.41) is 3.13. The maximum Gasteiger partial charge on any atom is 0.180 e. The maximum absolute atomic E-state index is 11.5. The predicted octanol–water partition coefficient (Wildman–Crippen LogP) is 1.66. The lowest BCUT2D eigenvalue weighted by Crippen LogP contribution is -2.38. The van der Waals surface area contributed by atoms with E-state index < -0.39 is 3.42 Å². The Balaban J connectivity index is 2.45. The second-order valence-corrected chi connectivity index (χ2v) is 5.79. The molecule has 0 bridgehead atoms. The first-order valence-corrected chi connectivity index (χ1v) is 5.71. The second-order valence-electron chi connectivity index (χ2n) is 3.87. The smallest absolute Gasteiger partial charge is 0.180 e. The van der Waals surface area contributed by atoms with E-state index in [2.05, 4.69) is 27.8 Å². The van der Waals surface area contributed by atoms with Crippen molar-refractivity contribution < 1.29 is 4.79 Å². The molecule has 0 amide bonds. The molecule has 0 aliphatic heterocycles. The lowest BCUT2D eigenvalue weighted by molar-refractivity contribution is -0.115. The number of nitroso groups, excluding NO2 is 1. The Kier molecular flexibility index (Phi) is 2.36. The molecule has 0 unspecified atom stereocenters. The van der Waals surface area contributed by atoms with Crippen LogP contribution in [0, 0.1) is 4.91 Å². The van der Waals surface area contributed by atoms with E-state index in [0.717, 1.165) is 24.8 Å². The van der Waals surface area contributed by atoms with Crippen LogP contribution in [-0.2, 0) is 4.79 Å². The van der Waals surface area contributed by atoms with Gasteiger partial charge in [0.1, 0.15) is 6.04 Å². The van der Waals surface area contributed by atoms with Crippen LogP contribution in [0.1, 0.15) is 25.7 Å². The highest BCUT2D eigenvalue weighted by atomic mass is 127. The largest absolute Gasteiger partial charge is 0.396 e. The molecular formula is C9H11IN2O2. The average Bonchev–Trinajstić information content (AvgIpc) is 2.38. The number of hydrogen-bond donors (Lipinski definition) is 1. The normalized spacial score (nSPS) is 37.2. The zero-order valence-electron chi connectivity index (χ0n) is 7.62. The fourth-order valence-corrected chi connectivity index (χ4v) is 3.66. The van der Waals surface area contributed by atoms with Gasteiger partial charge in [-0.15, -0.1) is 0 Å². The van der Waals surface area contributed by atoms with Crippen molar-refractivity contribution >= 4 is 28.4 Å². The number of nitrogens with two attached hydrogens (primary N) is 1. The molecule has 0 spiro atoms. The van der Waals surface area contributed by atoms with Gasteiger partial charge in [0, 0.05) is 6.42 Å². The van der Waals surface area contributed by atoms with Crippen molar-refractivity contribution in [1.29, 1.82) is 0 Å². The van der Waals surface area contributed by atoms with Gasteiger partial charge in [0.2, 0.25) is 0 Å². The summed E-state index contributed by atoms with van der Waals surface area (Å²) in [6.07, 6.45) is 2.87. The molecule has 0 heterocycles. The van der Waals surface area contributed by atoms with Gasteiger partial charge >= 0.3 is 0 Å². The average molecular weight is 306 g/mol. The van der Waals surface area contributed by atoms with E-state index in [0.29, 0.717) is 12.1 Å². The van der Waals surface area contributed by atoms with Crippen molar-refractivity contribution in [2.45, 2.75) is 35.1 Å². The lowest BCUT2D eigenvalue weighted by atomic mass is 9.82. The second kappa shape index (κ2) is 3.29. The van der Waals surface area contributed by atoms with Gasteiger partial charge < -0.3 is 5.73 Å². The number of Topliss-reactive ketones (excluding diaryl/α,β-unsaturated/α-hetero) is 1. The number of allylic oxidation sites excluding steroid dienone is 1. The zero-order valence-corrected chi connectivity index (χ0v) is 9.78.